The maximum Gasteiger partial charge on any atom is 0.227 e. The minimum atomic E-state index is -0.0575. The summed E-state index contributed by atoms with van der Waals surface area (Å²) in [6.07, 6.45) is 1.38. The van der Waals surface area contributed by atoms with E-state index in [0.717, 1.165) is 22.4 Å². The topological polar surface area (TPSA) is 77.2 Å². The number of nitrogens with zero attached hydrogens (tertiary/aromatic N) is 2. The Morgan fingerprint density at radius 2 is 1.96 bits per heavy atom. The van der Waals surface area contributed by atoms with Gasteiger partial charge in [-0.2, -0.15) is 4.98 Å². The minimum absolute atomic E-state index is 0.0575. The molecular formula is C21H22ClN3O3. The summed E-state index contributed by atoms with van der Waals surface area (Å²) in [5.74, 6) is 1.69. The summed E-state index contributed by atoms with van der Waals surface area (Å²) in [6, 6.07) is 13.2. The normalized spacial score (nSPS) is 10.7. The molecule has 0 aliphatic heterocycles. The Balaban J connectivity index is 1.46. The van der Waals surface area contributed by atoms with Gasteiger partial charge in [0.2, 0.25) is 17.6 Å². The second-order valence-electron chi connectivity index (χ2n) is 6.43. The first-order valence-corrected chi connectivity index (χ1v) is 9.41. The quantitative estimate of drug-likeness (QED) is 0.619. The largest absolute Gasteiger partial charge is 0.496 e. The van der Waals surface area contributed by atoms with Crippen LogP contribution in [0.15, 0.2) is 47.0 Å². The van der Waals surface area contributed by atoms with E-state index in [9.17, 15) is 4.79 Å². The number of carbonyl (C=O) groups excluding carboxylic acids is 1. The monoisotopic (exact) mass is 399 g/mol. The third-order valence-corrected chi connectivity index (χ3v) is 4.54. The molecular weight excluding hydrogens is 378 g/mol. The van der Waals surface area contributed by atoms with Crippen LogP contribution in [0.5, 0.6) is 5.75 Å². The highest BCUT2D eigenvalue weighted by atomic mass is 35.5. The van der Waals surface area contributed by atoms with E-state index in [-0.39, 0.29) is 12.3 Å². The van der Waals surface area contributed by atoms with Crippen LogP contribution >= 0.6 is 11.6 Å². The molecule has 0 saturated carbocycles. The molecule has 3 aromatic rings. The number of aromatic nitrogens is 2. The standard InChI is InChI=1S/C21H22ClN3O3/c1-14-3-8-18(27-2)16(13-14)11-12-23-19(26)9-10-20-24-21(25-28-20)15-4-6-17(22)7-5-15/h3-8,13H,9-12H2,1-2H3,(H,23,26). The van der Waals surface area contributed by atoms with Crippen molar-refractivity contribution in [1.29, 1.82) is 0 Å². The molecule has 0 unspecified atom stereocenters. The van der Waals surface area contributed by atoms with E-state index in [1.807, 2.05) is 31.2 Å². The Bertz CT molecular complexity index is 938. The lowest BCUT2D eigenvalue weighted by Crippen LogP contribution is -2.26. The van der Waals surface area contributed by atoms with Gasteiger partial charge in [-0.05, 0) is 49.2 Å². The van der Waals surface area contributed by atoms with Crippen molar-refractivity contribution < 1.29 is 14.1 Å². The Hall–Kier alpha value is -2.86. The molecule has 0 bridgehead atoms. The first-order valence-electron chi connectivity index (χ1n) is 9.04. The molecule has 0 atom stereocenters. The van der Waals surface area contributed by atoms with E-state index in [1.165, 1.54) is 0 Å². The number of amides is 1. The molecule has 0 aliphatic carbocycles. The lowest BCUT2D eigenvalue weighted by atomic mass is 10.1. The van der Waals surface area contributed by atoms with E-state index in [1.54, 1.807) is 19.2 Å². The maximum atomic E-state index is 12.1. The summed E-state index contributed by atoms with van der Waals surface area (Å²) in [7, 11) is 1.65. The van der Waals surface area contributed by atoms with Crippen molar-refractivity contribution >= 4 is 17.5 Å². The molecule has 1 N–H and O–H groups in total. The SMILES string of the molecule is COc1ccc(C)cc1CCNC(=O)CCc1nc(-c2ccc(Cl)cc2)no1. The fourth-order valence-corrected chi connectivity index (χ4v) is 2.95. The summed E-state index contributed by atoms with van der Waals surface area (Å²) in [5.41, 5.74) is 3.05. The van der Waals surface area contributed by atoms with Crippen LogP contribution in [0, 0.1) is 6.92 Å². The predicted molar refractivity (Wildman–Crippen MR) is 108 cm³/mol. The van der Waals surface area contributed by atoms with Gasteiger partial charge in [0.05, 0.1) is 7.11 Å². The molecule has 1 heterocycles. The maximum absolute atomic E-state index is 12.1. The highest BCUT2D eigenvalue weighted by Gasteiger charge is 2.11. The van der Waals surface area contributed by atoms with Gasteiger partial charge >= 0.3 is 0 Å². The van der Waals surface area contributed by atoms with Crippen LogP contribution in [0.2, 0.25) is 5.02 Å². The summed E-state index contributed by atoms with van der Waals surface area (Å²) >= 11 is 5.88. The van der Waals surface area contributed by atoms with Gasteiger partial charge in [0, 0.05) is 30.0 Å². The number of aryl methyl sites for hydroxylation is 2. The number of rotatable bonds is 8. The molecule has 0 aliphatic rings. The molecule has 0 fully saturated rings. The molecule has 1 aromatic heterocycles. The van der Waals surface area contributed by atoms with E-state index in [0.29, 0.717) is 36.1 Å². The van der Waals surface area contributed by atoms with Crippen LogP contribution in [0.1, 0.15) is 23.4 Å². The van der Waals surface area contributed by atoms with Crippen molar-refractivity contribution in [3.05, 3.63) is 64.5 Å². The molecule has 0 spiro atoms. The van der Waals surface area contributed by atoms with Gasteiger partial charge in [-0.25, -0.2) is 0 Å². The van der Waals surface area contributed by atoms with Crippen molar-refractivity contribution in [3.8, 4) is 17.1 Å². The Morgan fingerprint density at radius 3 is 2.71 bits per heavy atom. The number of hydrogen-bond acceptors (Lipinski definition) is 5. The second-order valence-corrected chi connectivity index (χ2v) is 6.87. The van der Waals surface area contributed by atoms with Gasteiger partial charge in [0.1, 0.15) is 5.75 Å². The number of carbonyl (C=O) groups is 1. The molecule has 6 nitrogen and oxygen atoms in total. The van der Waals surface area contributed by atoms with E-state index in [4.69, 9.17) is 20.9 Å². The zero-order valence-electron chi connectivity index (χ0n) is 15.9. The number of halogens is 1. The first-order chi connectivity index (χ1) is 13.5. The predicted octanol–water partition coefficient (Wildman–Crippen LogP) is 4.00. The minimum Gasteiger partial charge on any atom is -0.496 e. The van der Waals surface area contributed by atoms with Gasteiger partial charge < -0.3 is 14.6 Å². The summed E-state index contributed by atoms with van der Waals surface area (Å²) in [5, 5.41) is 7.51. The second kappa shape index (κ2) is 9.37. The number of nitrogens with one attached hydrogen (secondary N) is 1. The van der Waals surface area contributed by atoms with E-state index in [2.05, 4.69) is 21.5 Å². The van der Waals surface area contributed by atoms with Crippen LogP contribution in [0.4, 0.5) is 0 Å². The van der Waals surface area contributed by atoms with Crippen molar-refractivity contribution in [1.82, 2.24) is 15.5 Å². The number of benzene rings is 2. The molecule has 0 radical (unpaired) electrons. The van der Waals surface area contributed by atoms with Crippen LogP contribution < -0.4 is 10.1 Å². The fourth-order valence-electron chi connectivity index (χ4n) is 2.82. The van der Waals surface area contributed by atoms with Gasteiger partial charge in [-0.3, -0.25) is 4.79 Å². The van der Waals surface area contributed by atoms with Crippen LogP contribution in [0.3, 0.4) is 0 Å². The molecule has 28 heavy (non-hydrogen) atoms. The molecule has 146 valence electrons. The van der Waals surface area contributed by atoms with Crippen LogP contribution in [-0.4, -0.2) is 29.7 Å². The Morgan fingerprint density at radius 1 is 1.18 bits per heavy atom. The molecule has 0 saturated heterocycles. The molecule has 1 amide bonds. The number of hydrogen-bond donors (Lipinski definition) is 1. The van der Waals surface area contributed by atoms with Gasteiger partial charge in [-0.15, -0.1) is 0 Å². The zero-order chi connectivity index (χ0) is 19.9. The van der Waals surface area contributed by atoms with Crippen molar-refractivity contribution in [2.75, 3.05) is 13.7 Å². The lowest BCUT2D eigenvalue weighted by Gasteiger charge is -2.10. The third-order valence-electron chi connectivity index (χ3n) is 4.29. The number of ether oxygens (including phenoxy) is 1. The highest BCUT2D eigenvalue weighted by molar-refractivity contribution is 6.30. The molecule has 3 rings (SSSR count). The summed E-state index contributed by atoms with van der Waals surface area (Å²) < 4.78 is 10.6. The first kappa shape index (κ1) is 19.9. The van der Waals surface area contributed by atoms with Crippen molar-refractivity contribution in [2.24, 2.45) is 0 Å². The van der Waals surface area contributed by atoms with Gasteiger partial charge in [0.15, 0.2) is 0 Å². The smallest absolute Gasteiger partial charge is 0.227 e. The zero-order valence-corrected chi connectivity index (χ0v) is 16.6. The van der Waals surface area contributed by atoms with Gasteiger partial charge in [-0.1, -0.05) is 34.5 Å². The van der Waals surface area contributed by atoms with Crippen molar-refractivity contribution in [3.63, 3.8) is 0 Å². The number of methoxy groups -OCH3 is 1. The highest BCUT2D eigenvalue weighted by Crippen LogP contribution is 2.20. The third kappa shape index (κ3) is 5.33. The van der Waals surface area contributed by atoms with Crippen molar-refractivity contribution in [2.45, 2.75) is 26.2 Å². The van der Waals surface area contributed by atoms with Crippen LogP contribution in [-0.2, 0) is 17.6 Å². The molecule has 7 heteroatoms. The van der Waals surface area contributed by atoms with E-state index < -0.39 is 0 Å². The Kier molecular flexibility index (Phi) is 6.66. The Labute approximate surface area is 168 Å². The summed E-state index contributed by atoms with van der Waals surface area (Å²) in [6.45, 7) is 2.57. The van der Waals surface area contributed by atoms with Crippen LogP contribution in [0.25, 0.3) is 11.4 Å². The fraction of sp³-hybridized carbons (Fsp3) is 0.286. The average Bonchev–Trinajstić information content (AvgIpc) is 3.16. The van der Waals surface area contributed by atoms with E-state index >= 15 is 0 Å². The summed E-state index contributed by atoms with van der Waals surface area (Å²) in [4.78, 5) is 16.4. The average molecular weight is 400 g/mol. The van der Waals surface area contributed by atoms with Gasteiger partial charge in [0.25, 0.3) is 0 Å². The lowest BCUT2D eigenvalue weighted by molar-refractivity contribution is -0.121. The molecule has 2 aromatic carbocycles.